The highest BCUT2D eigenvalue weighted by Crippen LogP contribution is 2.25. The lowest BCUT2D eigenvalue weighted by molar-refractivity contribution is 0.102. The maximum atomic E-state index is 14.1. The second-order valence-electron chi connectivity index (χ2n) is 7.12. The van der Waals surface area contributed by atoms with Gasteiger partial charge in [-0.25, -0.2) is 4.39 Å². The molecule has 0 atom stereocenters. The zero-order chi connectivity index (χ0) is 23.4. The SMILES string of the molecule is O=C(Nc1nn(Cc2c(F)cccc2Cl)cc1Br)c1cccc(COc2ccc(Br)cc2)c1. The van der Waals surface area contributed by atoms with E-state index in [1.807, 2.05) is 30.3 Å². The third-order valence-electron chi connectivity index (χ3n) is 4.74. The molecule has 3 aromatic carbocycles. The normalized spacial score (nSPS) is 10.8. The molecule has 0 unspecified atom stereocenters. The molecule has 4 rings (SSSR count). The number of benzene rings is 3. The van der Waals surface area contributed by atoms with E-state index in [9.17, 15) is 9.18 Å². The highest BCUT2D eigenvalue weighted by molar-refractivity contribution is 9.10. The minimum atomic E-state index is -0.415. The van der Waals surface area contributed by atoms with Crippen LogP contribution >= 0.6 is 43.5 Å². The van der Waals surface area contributed by atoms with Crippen molar-refractivity contribution in [2.24, 2.45) is 0 Å². The van der Waals surface area contributed by atoms with E-state index in [1.165, 1.54) is 10.7 Å². The summed E-state index contributed by atoms with van der Waals surface area (Å²) in [5, 5.41) is 7.44. The van der Waals surface area contributed by atoms with Crippen LogP contribution < -0.4 is 10.1 Å². The number of carbonyl (C=O) groups is 1. The number of halogens is 4. The van der Waals surface area contributed by atoms with Crippen molar-refractivity contribution in [1.29, 1.82) is 0 Å². The maximum absolute atomic E-state index is 14.1. The van der Waals surface area contributed by atoms with Crippen LogP contribution in [0.5, 0.6) is 5.75 Å². The van der Waals surface area contributed by atoms with Gasteiger partial charge in [0.15, 0.2) is 5.82 Å². The molecular formula is C24H17Br2ClFN3O2. The van der Waals surface area contributed by atoms with E-state index in [0.717, 1.165) is 15.8 Å². The molecule has 1 aromatic heterocycles. The van der Waals surface area contributed by atoms with Crippen molar-refractivity contribution < 1.29 is 13.9 Å². The van der Waals surface area contributed by atoms with Crippen LogP contribution in [-0.2, 0) is 13.2 Å². The van der Waals surface area contributed by atoms with Gasteiger partial charge in [0.2, 0.25) is 0 Å². The van der Waals surface area contributed by atoms with Crippen molar-refractivity contribution in [3.8, 4) is 5.75 Å². The summed E-state index contributed by atoms with van der Waals surface area (Å²) in [4.78, 5) is 12.8. The fourth-order valence-electron chi connectivity index (χ4n) is 3.09. The topological polar surface area (TPSA) is 56.2 Å². The number of hydrogen-bond acceptors (Lipinski definition) is 3. The molecule has 168 valence electrons. The minimum absolute atomic E-state index is 0.128. The highest BCUT2D eigenvalue weighted by Gasteiger charge is 2.15. The summed E-state index contributed by atoms with van der Waals surface area (Å²) in [5.74, 6) is 0.318. The Hall–Kier alpha value is -2.68. The first-order valence-electron chi connectivity index (χ1n) is 9.83. The molecule has 1 amide bonds. The average Bonchev–Trinajstić information content (AvgIpc) is 3.15. The first-order chi connectivity index (χ1) is 15.9. The Labute approximate surface area is 211 Å². The van der Waals surface area contributed by atoms with E-state index in [4.69, 9.17) is 16.3 Å². The summed E-state index contributed by atoms with van der Waals surface area (Å²) in [5.41, 5.74) is 1.64. The molecule has 0 fully saturated rings. The summed E-state index contributed by atoms with van der Waals surface area (Å²) in [6.07, 6.45) is 1.65. The summed E-state index contributed by atoms with van der Waals surface area (Å²) >= 11 is 12.9. The van der Waals surface area contributed by atoms with Gasteiger partial charge in [-0.3, -0.25) is 9.48 Å². The molecule has 4 aromatic rings. The number of aromatic nitrogens is 2. The van der Waals surface area contributed by atoms with Gasteiger partial charge in [-0.15, -0.1) is 0 Å². The predicted octanol–water partition coefficient (Wildman–Crippen LogP) is 7.08. The van der Waals surface area contributed by atoms with Crippen LogP contribution in [0.15, 0.2) is 81.9 Å². The highest BCUT2D eigenvalue weighted by atomic mass is 79.9. The number of amides is 1. The van der Waals surface area contributed by atoms with Crippen LogP contribution in [-0.4, -0.2) is 15.7 Å². The van der Waals surface area contributed by atoms with E-state index < -0.39 is 5.82 Å². The Morgan fingerprint density at radius 2 is 1.85 bits per heavy atom. The minimum Gasteiger partial charge on any atom is -0.489 e. The third-order valence-corrected chi connectivity index (χ3v) is 6.20. The number of nitrogens with zero attached hydrogens (tertiary/aromatic N) is 2. The van der Waals surface area contributed by atoms with Gasteiger partial charge in [-0.2, -0.15) is 5.10 Å². The van der Waals surface area contributed by atoms with Crippen molar-refractivity contribution in [2.75, 3.05) is 5.32 Å². The summed E-state index contributed by atoms with van der Waals surface area (Å²) in [6, 6.07) is 19.2. The molecular weight excluding hydrogens is 577 g/mol. The maximum Gasteiger partial charge on any atom is 0.256 e. The van der Waals surface area contributed by atoms with Crippen molar-refractivity contribution in [1.82, 2.24) is 9.78 Å². The summed E-state index contributed by atoms with van der Waals surface area (Å²) in [7, 11) is 0. The molecule has 0 bridgehead atoms. The molecule has 0 radical (unpaired) electrons. The molecule has 33 heavy (non-hydrogen) atoms. The lowest BCUT2D eigenvalue weighted by atomic mass is 10.1. The van der Waals surface area contributed by atoms with Crippen molar-refractivity contribution >= 4 is 55.2 Å². The van der Waals surface area contributed by atoms with Crippen LogP contribution in [0.25, 0.3) is 0 Å². The van der Waals surface area contributed by atoms with Gasteiger partial charge >= 0.3 is 0 Å². The van der Waals surface area contributed by atoms with Gasteiger partial charge in [0.25, 0.3) is 5.91 Å². The van der Waals surface area contributed by atoms with E-state index in [0.29, 0.717) is 33.0 Å². The Balaban J connectivity index is 1.43. The predicted molar refractivity (Wildman–Crippen MR) is 133 cm³/mol. The molecule has 0 spiro atoms. The van der Waals surface area contributed by atoms with Gasteiger partial charge in [-0.05, 0) is 70.0 Å². The van der Waals surface area contributed by atoms with Crippen molar-refractivity contribution in [2.45, 2.75) is 13.2 Å². The van der Waals surface area contributed by atoms with E-state index in [-0.39, 0.29) is 12.5 Å². The summed E-state index contributed by atoms with van der Waals surface area (Å²) in [6.45, 7) is 0.452. The Morgan fingerprint density at radius 1 is 1.09 bits per heavy atom. The Kier molecular flexibility index (Phi) is 7.47. The van der Waals surface area contributed by atoms with Gasteiger partial charge in [0.05, 0.1) is 11.0 Å². The fourth-order valence-corrected chi connectivity index (χ4v) is 3.99. The fraction of sp³-hybridized carbons (Fsp3) is 0.0833. The van der Waals surface area contributed by atoms with Crippen LogP contribution in [0.3, 0.4) is 0 Å². The number of carbonyl (C=O) groups excluding carboxylic acids is 1. The largest absolute Gasteiger partial charge is 0.489 e. The smallest absolute Gasteiger partial charge is 0.256 e. The molecule has 0 aliphatic heterocycles. The molecule has 1 N–H and O–H groups in total. The second-order valence-corrected chi connectivity index (χ2v) is 9.30. The lowest BCUT2D eigenvalue weighted by Gasteiger charge is -2.08. The van der Waals surface area contributed by atoms with Crippen LogP contribution in [0.1, 0.15) is 21.5 Å². The summed E-state index contributed by atoms with van der Waals surface area (Å²) < 4.78 is 22.9. The monoisotopic (exact) mass is 591 g/mol. The zero-order valence-corrected chi connectivity index (χ0v) is 21.0. The Morgan fingerprint density at radius 3 is 2.61 bits per heavy atom. The number of ether oxygens (including phenoxy) is 1. The first kappa shape index (κ1) is 23.5. The van der Waals surface area contributed by atoms with Crippen LogP contribution in [0, 0.1) is 5.82 Å². The quantitative estimate of drug-likeness (QED) is 0.249. The average molecular weight is 594 g/mol. The third kappa shape index (κ3) is 6.01. The molecule has 5 nitrogen and oxygen atoms in total. The first-order valence-corrected chi connectivity index (χ1v) is 11.8. The van der Waals surface area contributed by atoms with E-state index >= 15 is 0 Å². The van der Waals surface area contributed by atoms with Crippen molar-refractivity contribution in [3.63, 3.8) is 0 Å². The van der Waals surface area contributed by atoms with Gasteiger partial charge in [0, 0.05) is 26.8 Å². The molecule has 0 aliphatic carbocycles. The van der Waals surface area contributed by atoms with E-state index in [1.54, 1.807) is 36.5 Å². The van der Waals surface area contributed by atoms with Gasteiger partial charge in [0.1, 0.15) is 18.2 Å². The molecule has 0 saturated carbocycles. The van der Waals surface area contributed by atoms with E-state index in [2.05, 4.69) is 42.3 Å². The molecule has 0 saturated heterocycles. The van der Waals surface area contributed by atoms with Gasteiger partial charge in [-0.1, -0.05) is 45.7 Å². The number of rotatable bonds is 7. The number of hydrogen-bond donors (Lipinski definition) is 1. The zero-order valence-electron chi connectivity index (χ0n) is 17.1. The Bertz CT molecular complexity index is 1280. The number of anilines is 1. The lowest BCUT2D eigenvalue weighted by Crippen LogP contribution is -2.14. The van der Waals surface area contributed by atoms with Crippen molar-refractivity contribution in [3.05, 3.63) is 109 Å². The van der Waals surface area contributed by atoms with Crippen LogP contribution in [0.4, 0.5) is 10.2 Å². The molecule has 0 aliphatic rings. The standard InChI is InChI=1S/C24H17Br2ClFN3O2/c25-17-7-9-18(10-8-17)33-14-15-3-1-4-16(11-15)24(32)29-23-20(26)13-31(30-23)12-19-21(27)5-2-6-22(19)28/h1-11,13H,12,14H2,(H,29,30,32). The second kappa shape index (κ2) is 10.5. The van der Waals surface area contributed by atoms with Gasteiger partial charge < -0.3 is 10.1 Å². The number of nitrogens with one attached hydrogen (secondary N) is 1. The molecule has 1 heterocycles. The molecule has 9 heteroatoms. The van der Waals surface area contributed by atoms with Crippen LogP contribution in [0.2, 0.25) is 5.02 Å².